The van der Waals surface area contributed by atoms with E-state index in [0.29, 0.717) is 12.6 Å². The van der Waals surface area contributed by atoms with Gasteiger partial charge in [0.1, 0.15) is 0 Å². The lowest BCUT2D eigenvalue weighted by Gasteiger charge is -2.25. The molecule has 2 nitrogen and oxygen atoms in total. The summed E-state index contributed by atoms with van der Waals surface area (Å²) >= 11 is 0. The zero-order valence-electron chi connectivity index (χ0n) is 11.7. The number of benzene rings is 1. The van der Waals surface area contributed by atoms with Gasteiger partial charge in [0.15, 0.2) is 0 Å². The molecule has 112 valence electrons. The first kappa shape index (κ1) is 15.3. The summed E-state index contributed by atoms with van der Waals surface area (Å²) in [6.07, 6.45) is -2.02. The summed E-state index contributed by atoms with van der Waals surface area (Å²) in [5.41, 5.74) is 0.181. The lowest BCUT2D eigenvalue weighted by atomic mass is 10.1. The monoisotopic (exact) mass is 286 g/mol. The molecule has 0 spiro atoms. The molecule has 2 rings (SSSR count). The average Bonchev–Trinajstić information content (AvgIpc) is 2.83. The van der Waals surface area contributed by atoms with Gasteiger partial charge in [-0.15, -0.1) is 0 Å². The predicted molar refractivity (Wildman–Crippen MR) is 73.4 cm³/mol. The van der Waals surface area contributed by atoms with Crippen molar-refractivity contribution in [2.75, 3.05) is 19.6 Å². The minimum Gasteiger partial charge on any atom is -0.315 e. The molecule has 1 N–H and O–H groups in total. The van der Waals surface area contributed by atoms with Crippen molar-refractivity contribution in [3.8, 4) is 0 Å². The van der Waals surface area contributed by atoms with Crippen LogP contribution in [-0.2, 0) is 12.7 Å². The van der Waals surface area contributed by atoms with Crippen molar-refractivity contribution < 1.29 is 13.2 Å². The number of hydrogen-bond acceptors (Lipinski definition) is 2. The first-order valence-electron chi connectivity index (χ1n) is 7.11. The molecule has 1 fully saturated rings. The van der Waals surface area contributed by atoms with E-state index in [9.17, 15) is 13.2 Å². The quantitative estimate of drug-likeness (QED) is 0.893. The van der Waals surface area contributed by atoms with E-state index in [4.69, 9.17) is 0 Å². The number of likely N-dealkylation sites (tertiary alicyclic amines) is 1. The first-order valence-corrected chi connectivity index (χ1v) is 7.11. The van der Waals surface area contributed by atoms with E-state index in [1.54, 1.807) is 6.07 Å². The molecular weight excluding hydrogens is 265 g/mol. The van der Waals surface area contributed by atoms with E-state index in [-0.39, 0.29) is 0 Å². The van der Waals surface area contributed by atoms with Gasteiger partial charge in [0.2, 0.25) is 0 Å². The fourth-order valence-corrected chi connectivity index (χ4v) is 2.73. The molecule has 0 saturated carbocycles. The number of nitrogens with zero attached hydrogens (tertiary/aromatic N) is 1. The molecule has 1 atom stereocenters. The van der Waals surface area contributed by atoms with Gasteiger partial charge < -0.3 is 5.32 Å². The van der Waals surface area contributed by atoms with Crippen molar-refractivity contribution in [3.63, 3.8) is 0 Å². The standard InChI is InChI=1S/C15H21F3N2/c1-2-19-10-14-7-4-8-20(14)11-12-5-3-6-13(9-12)15(16,17)18/h3,5-6,9,14,19H,2,4,7-8,10-11H2,1H3. The second-order valence-corrected chi connectivity index (χ2v) is 5.27. The predicted octanol–water partition coefficient (Wildman–Crippen LogP) is 3.28. The Labute approximate surface area is 118 Å². The Balaban J connectivity index is 2.02. The van der Waals surface area contributed by atoms with Crippen LogP contribution in [-0.4, -0.2) is 30.6 Å². The Morgan fingerprint density at radius 3 is 2.85 bits per heavy atom. The van der Waals surface area contributed by atoms with Gasteiger partial charge in [0, 0.05) is 19.1 Å². The van der Waals surface area contributed by atoms with Crippen molar-refractivity contribution in [1.29, 1.82) is 0 Å². The van der Waals surface area contributed by atoms with Crippen LogP contribution in [0.2, 0.25) is 0 Å². The maximum atomic E-state index is 12.7. The molecule has 0 aromatic heterocycles. The van der Waals surface area contributed by atoms with E-state index < -0.39 is 11.7 Å². The molecule has 0 radical (unpaired) electrons. The molecule has 0 aliphatic carbocycles. The van der Waals surface area contributed by atoms with Crippen LogP contribution in [0.5, 0.6) is 0 Å². The molecule has 0 bridgehead atoms. The van der Waals surface area contributed by atoms with Crippen molar-refractivity contribution in [2.45, 2.75) is 38.5 Å². The molecule has 0 amide bonds. The second-order valence-electron chi connectivity index (χ2n) is 5.27. The van der Waals surface area contributed by atoms with Crippen molar-refractivity contribution in [3.05, 3.63) is 35.4 Å². The molecule has 1 aliphatic heterocycles. The minimum absolute atomic E-state index is 0.435. The van der Waals surface area contributed by atoms with Gasteiger partial charge in [0.25, 0.3) is 0 Å². The van der Waals surface area contributed by atoms with Crippen LogP contribution in [0.25, 0.3) is 0 Å². The average molecular weight is 286 g/mol. The van der Waals surface area contributed by atoms with Crippen molar-refractivity contribution >= 4 is 0 Å². The second kappa shape index (κ2) is 6.59. The third-order valence-corrected chi connectivity index (χ3v) is 3.77. The highest BCUT2D eigenvalue weighted by Gasteiger charge is 2.31. The number of nitrogens with one attached hydrogen (secondary N) is 1. The third-order valence-electron chi connectivity index (χ3n) is 3.77. The van der Waals surface area contributed by atoms with E-state index in [0.717, 1.165) is 44.1 Å². The van der Waals surface area contributed by atoms with Crippen LogP contribution in [0.4, 0.5) is 13.2 Å². The van der Waals surface area contributed by atoms with Gasteiger partial charge in [-0.25, -0.2) is 0 Å². The zero-order valence-corrected chi connectivity index (χ0v) is 11.7. The lowest BCUT2D eigenvalue weighted by molar-refractivity contribution is -0.137. The van der Waals surface area contributed by atoms with Crippen molar-refractivity contribution in [2.24, 2.45) is 0 Å². The fraction of sp³-hybridized carbons (Fsp3) is 0.600. The normalized spacial score (nSPS) is 20.5. The van der Waals surface area contributed by atoms with Crippen LogP contribution in [0, 0.1) is 0 Å². The molecule has 20 heavy (non-hydrogen) atoms. The van der Waals surface area contributed by atoms with E-state index in [2.05, 4.69) is 17.1 Å². The van der Waals surface area contributed by atoms with E-state index in [1.807, 2.05) is 0 Å². The fourth-order valence-electron chi connectivity index (χ4n) is 2.73. The number of rotatable bonds is 5. The smallest absolute Gasteiger partial charge is 0.315 e. The highest BCUT2D eigenvalue weighted by Crippen LogP contribution is 2.30. The van der Waals surface area contributed by atoms with Crippen LogP contribution >= 0.6 is 0 Å². The Kier molecular flexibility index (Phi) is 5.05. The highest BCUT2D eigenvalue weighted by atomic mass is 19.4. The van der Waals surface area contributed by atoms with Crippen LogP contribution in [0.1, 0.15) is 30.9 Å². The summed E-state index contributed by atoms with van der Waals surface area (Å²) < 4.78 is 38.1. The molecule has 5 heteroatoms. The molecule has 1 heterocycles. The van der Waals surface area contributed by atoms with Gasteiger partial charge in [-0.1, -0.05) is 25.1 Å². The summed E-state index contributed by atoms with van der Waals surface area (Å²) in [7, 11) is 0. The minimum atomic E-state index is -4.26. The zero-order chi connectivity index (χ0) is 14.6. The largest absolute Gasteiger partial charge is 0.416 e. The maximum absolute atomic E-state index is 12.7. The number of hydrogen-bond donors (Lipinski definition) is 1. The third kappa shape index (κ3) is 3.96. The van der Waals surface area contributed by atoms with Gasteiger partial charge in [0.05, 0.1) is 5.56 Å². The molecule has 1 aliphatic rings. The Morgan fingerprint density at radius 1 is 1.35 bits per heavy atom. The summed E-state index contributed by atoms with van der Waals surface area (Å²) in [5, 5.41) is 3.32. The molecule has 1 aromatic carbocycles. The summed E-state index contributed by atoms with van der Waals surface area (Å²) in [6.45, 7) is 5.46. The maximum Gasteiger partial charge on any atom is 0.416 e. The number of halogens is 3. The number of likely N-dealkylation sites (N-methyl/N-ethyl adjacent to an activating group) is 1. The SMILES string of the molecule is CCNCC1CCCN1Cc1cccc(C(F)(F)F)c1. The van der Waals surface area contributed by atoms with Crippen LogP contribution in [0.3, 0.4) is 0 Å². The summed E-state index contributed by atoms with van der Waals surface area (Å²) in [6, 6.07) is 6.10. The molecular formula is C15H21F3N2. The Morgan fingerprint density at radius 2 is 2.15 bits per heavy atom. The van der Waals surface area contributed by atoms with E-state index in [1.165, 1.54) is 12.1 Å². The van der Waals surface area contributed by atoms with Gasteiger partial charge >= 0.3 is 6.18 Å². The Bertz CT molecular complexity index is 431. The van der Waals surface area contributed by atoms with Crippen LogP contribution < -0.4 is 5.32 Å². The van der Waals surface area contributed by atoms with Gasteiger partial charge in [-0.3, -0.25) is 4.90 Å². The molecule has 1 aromatic rings. The van der Waals surface area contributed by atoms with Gasteiger partial charge in [-0.2, -0.15) is 13.2 Å². The van der Waals surface area contributed by atoms with Crippen LogP contribution in [0.15, 0.2) is 24.3 Å². The van der Waals surface area contributed by atoms with E-state index >= 15 is 0 Å². The summed E-state index contributed by atoms with van der Waals surface area (Å²) in [4.78, 5) is 2.28. The van der Waals surface area contributed by atoms with Gasteiger partial charge in [-0.05, 0) is 37.6 Å². The lowest BCUT2D eigenvalue weighted by Crippen LogP contribution is -2.37. The molecule has 1 unspecified atom stereocenters. The summed E-state index contributed by atoms with van der Waals surface area (Å²) in [5.74, 6) is 0. The van der Waals surface area contributed by atoms with Crippen molar-refractivity contribution in [1.82, 2.24) is 10.2 Å². The topological polar surface area (TPSA) is 15.3 Å². The highest BCUT2D eigenvalue weighted by molar-refractivity contribution is 5.25. The Hall–Kier alpha value is -1.07. The molecule has 1 saturated heterocycles. The number of alkyl halides is 3. The first-order chi connectivity index (χ1) is 9.50.